The maximum absolute atomic E-state index is 12.2. The number of aromatic amines is 1. The smallest absolute Gasteiger partial charge is 0.254 e. The zero-order valence-corrected chi connectivity index (χ0v) is 17.3. The van der Waals surface area contributed by atoms with Gasteiger partial charge in [-0.15, -0.1) is 0 Å². The molecule has 0 aliphatic carbocycles. The fraction of sp³-hybridized carbons (Fsp3) is 0.100. The molecule has 31 heavy (non-hydrogen) atoms. The summed E-state index contributed by atoms with van der Waals surface area (Å²) in [6.07, 6.45) is 1.54. The Hall–Kier alpha value is -3.99. The molecule has 0 aliphatic rings. The van der Waals surface area contributed by atoms with E-state index >= 15 is 0 Å². The quantitative estimate of drug-likeness (QED) is 0.346. The van der Waals surface area contributed by atoms with Crippen molar-refractivity contribution >= 4 is 44.3 Å². The van der Waals surface area contributed by atoms with Crippen molar-refractivity contribution in [2.75, 3.05) is 15.8 Å². The number of nitrogens with one attached hydrogen (secondary N) is 3. The van der Waals surface area contributed by atoms with Gasteiger partial charge >= 0.3 is 0 Å². The van der Waals surface area contributed by atoms with Crippen molar-refractivity contribution in [2.45, 2.75) is 6.92 Å². The van der Waals surface area contributed by atoms with Crippen LogP contribution in [0.5, 0.6) is 0 Å². The van der Waals surface area contributed by atoms with E-state index < -0.39 is 15.9 Å². The van der Waals surface area contributed by atoms with Gasteiger partial charge in [0, 0.05) is 11.3 Å². The maximum atomic E-state index is 12.2. The molecule has 5 N–H and O–H groups in total. The molecule has 0 unspecified atom stereocenters. The van der Waals surface area contributed by atoms with Crippen LogP contribution in [0.1, 0.15) is 17.3 Å². The van der Waals surface area contributed by atoms with Crippen LogP contribution >= 0.6 is 0 Å². The largest absolute Gasteiger partial charge is 0.365 e. The van der Waals surface area contributed by atoms with Gasteiger partial charge in [-0.1, -0.05) is 24.3 Å². The number of para-hydroxylation sites is 2. The number of anilines is 3. The van der Waals surface area contributed by atoms with Crippen molar-refractivity contribution < 1.29 is 13.2 Å². The Kier molecular flexibility index (Phi) is 5.26. The van der Waals surface area contributed by atoms with Crippen LogP contribution in [0.2, 0.25) is 0 Å². The topological polar surface area (TPSA) is 156 Å². The maximum Gasteiger partial charge on any atom is 0.254 e. The number of hydrogen-bond donors (Lipinski definition) is 4. The van der Waals surface area contributed by atoms with Crippen LogP contribution < -0.4 is 15.8 Å². The molecule has 0 saturated heterocycles. The van der Waals surface area contributed by atoms with Gasteiger partial charge in [-0.3, -0.25) is 19.6 Å². The molecule has 0 aliphatic heterocycles. The van der Waals surface area contributed by atoms with Gasteiger partial charge in [0.25, 0.3) is 5.91 Å². The van der Waals surface area contributed by atoms with E-state index in [0.717, 1.165) is 5.52 Å². The first-order valence-corrected chi connectivity index (χ1v) is 11.0. The molecule has 4 aromatic rings. The number of hydrogen-bond acceptors (Lipinski definition) is 7. The number of benzene rings is 2. The number of carbonyl (C=O) groups is 1. The number of fused-ring (bicyclic) bond motifs is 1. The summed E-state index contributed by atoms with van der Waals surface area (Å²) in [7, 11) is -3.39. The minimum Gasteiger partial charge on any atom is -0.365 e. The summed E-state index contributed by atoms with van der Waals surface area (Å²) in [6.45, 7) is 1.55. The third kappa shape index (κ3) is 4.31. The highest BCUT2D eigenvalue weighted by Gasteiger charge is 2.20. The Morgan fingerprint density at radius 3 is 2.48 bits per heavy atom. The van der Waals surface area contributed by atoms with E-state index in [0.29, 0.717) is 28.3 Å². The summed E-state index contributed by atoms with van der Waals surface area (Å²) in [5.74, 6) is -0.0218. The number of aromatic nitrogens is 4. The van der Waals surface area contributed by atoms with Crippen LogP contribution in [0.15, 0.2) is 54.7 Å². The Bertz CT molecular complexity index is 1370. The normalized spacial score (nSPS) is 11.4. The SMILES string of the molecule is CCS(=O)(=O)Nc1ccc(-c2n[nH]c(Nc3cnc4ccccc4n3)c2C(N)=O)cc1. The average Bonchev–Trinajstić information content (AvgIpc) is 3.18. The predicted molar refractivity (Wildman–Crippen MR) is 118 cm³/mol. The monoisotopic (exact) mass is 437 g/mol. The summed E-state index contributed by atoms with van der Waals surface area (Å²) in [5.41, 5.74) is 8.51. The molecule has 11 heteroatoms. The molecule has 0 spiro atoms. The summed E-state index contributed by atoms with van der Waals surface area (Å²) in [4.78, 5) is 21.0. The van der Waals surface area contributed by atoms with Crippen molar-refractivity contribution in [1.82, 2.24) is 20.2 Å². The van der Waals surface area contributed by atoms with Crippen molar-refractivity contribution in [2.24, 2.45) is 5.73 Å². The predicted octanol–water partition coefficient (Wildman–Crippen LogP) is 2.62. The molecule has 0 saturated carbocycles. The number of carbonyl (C=O) groups excluding carboxylic acids is 1. The van der Waals surface area contributed by atoms with Gasteiger partial charge in [-0.05, 0) is 31.2 Å². The van der Waals surface area contributed by atoms with E-state index in [1.165, 1.54) is 0 Å². The molecule has 0 bridgehead atoms. The molecule has 2 heterocycles. The Balaban J connectivity index is 1.65. The molecule has 10 nitrogen and oxygen atoms in total. The highest BCUT2D eigenvalue weighted by molar-refractivity contribution is 7.92. The number of primary amides is 1. The van der Waals surface area contributed by atoms with Gasteiger partial charge in [-0.25, -0.2) is 13.4 Å². The first-order chi connectivity index (χ1) is 14.9. The van der Waals surface area contributed by atoms with E-state index in [1.807, 2.05) is 24.3 Å². The number of nitrogens with two attached hydrogens (primary N) is 1. The highest BCUT2D eigenvalue weighted by Crippen LogP contribution is 2.29. The first kappa shape index (κ1) is 20.3. The molecule has 2 aromatic carbocycles. The number of nitrogens with zero attached hydrogens (tertiary/aromatic N) is 3. The lowest BCUT2D eigenvalue weighted by atomic mass is 10.1. The van der Waals surface area contributed by atoms with Crippen LogP contribution in [-0.2, 0) is 10.0 Å². The third-order valence-electron chi connectivity index (χ3n) is 4.53. The first-order valence-electron chi connectivity index (χ1n) is 9.34. The van der Waals surface area contributed by atoms with Crippen LogP contribution in [0.4, 0.5) is 17.3 Å². The van der Waals surface area contributed by atoms with Crippen molar-refractivity contribution in [3.63, 3.8) is 0 Å². The summed E-state index contributed by atoms with van der Waals surface area (Å²) >= 11 is 0. The third-order valence-corrected chi connectivity index (χ3v) is 5.83. The minimum atomic E-state index is -3.39. The van der Waals surface area contributed by atoms with E-state index in [2.05, 4.69) is 30.2 Å². The molecule has 0 fully saturated rings. The van der Waals surface area contributed by atoms with E-state index in [-0.39, 0.29) is 17.1 Å². The second-order valence-electron chi connectivity index (χ2n) is 6.64. The summed E-state index contributed by atoms with van der Waals surface area (Å²) < 4.78 is 25.9. The second kappa shape index (κ2) is 8.03. The highest BCUT2D eigenvalue weighted by atomic mass is 32.2. The molecular formula is C20H19N7O3S. The zero-order valence-electron chi connectivity index (χ0n) is 16.5. The standard InChI is InChI=1S/C20H19N7O3S/c1-2-31(29,30)27-13-9-7-12(8-10-13)18-17(19(21)28)20(26-25-18)24-16-11-22-14-5-3-4-6-15(14)23-16/h3-11,27H,2H2,1H3,(H2,21,28)(H2,23,24,25,26). The van der Waals surface area contributed by atoms with E-state index in [4.69, 9.17) is 5.73 Å². The molecule has 1 amide bonds. The molecular weight excluding hydrogens is 418 g/mol. The summed E-state index contributed by atoms with van der Waals surface area (Å²) in [5, 5.41) is 9.98. The van der Waals surface area contributed by atoms with Crippen LogP contribution in [0.25, 0.3) is 22.3 Å². The summed E-state index contributed by atoms with van der Waals surface area (Å²) in [6, 6.07) is 13.9. The fourth-order valence-electron chi connectivity index (χ4n) is 2.97. The second-order valence-corrected chi connectivity index (χ2v) is 8.65. The van der Waals surface area contributed by atoms with Gasteiger partial charge in [0.05, 0.1) is 23.0 Å². The van der Waals surface area contributed by atoms with Gasteiger partial charge in [-0.2, -0.15) is 5.10 Å². The van der Waals surface area contributed by atoms with Gasteiger partial charge in [0.15, 0.2) is 5.82 Å². The van der Waals surface area contributed by atoms with Gasteiger partial charge < -0.3 is 11.1 Å². The minimum absolute atomic E-state index is 0.0351. The Morgan fingerprint density at radius 2 is 1.81 bits per heavy atom. The molecule has 0 radical (unpaired) electrons. The zero-order chi connectivity index (χ0) is 22.0. The fourth-order valence-corrected chi connectivity index (χ4v) is 3.61. The van der Waals surface area contributed by atoms with Gasteiger partial charge in [0.2, 0.25) is 10.0 Å². The van der Waals surface area contributed by atoms with Crippen molar-refractivity contribution in [3.8, 4) is 11.3 Å². The van der Waals surface area contributed by atoms with Crippen molar-refractivity contribution in [1.29, 1.82) is 0 Å². The number of amides is 1. The molecule has 0 atom stereocenters. The van der Waals surface area contributed by atoms with Crippen LogP contribution in [-0.4, -0.2) is 40.2 Å². The lowest BCUT2D eigenvalue weighted by Crippen LogP contribution is -2.14. The number of H-pyrrole nitrogens is 1. The van der Waals surface area contributed by atoms with Crippen molar-refractivity contribution in [3.05, 3.63) is 60.3 Å². The number of sulfonamides is 1. The van der Waals surface area contributed by atoms with Gasteiger partial charge in [0.1, 0.15) is 17.1 Å². The average molecular weight is 437 g/mol. The van der Waals surface area contributed by atoms with Crippen LogP contribution in [0, 0.1) is 0 Å². The van der Waals surface area contributed by atoms with E-state index in [9.17, 15) is 13.2 Å². The Labute approximate surface area is 178 Å². The molecule has 158 valence electrons. The Morgan fingerprint density at radius 1 is 1.10 bits per heavy atom. The van der Waals surface area contributed by atoms with Crippen LogP contribution in [0.3, 0.4) is 0 Å². The number of rotatable bonds is 7. The lowest BCUT2D eigenvalue weighted by Gasteiger charge is -2.08. The molecule has 4 rings (SSSR count). The van der Waals surface area contributed by atoms with E-state index in [1.54, 1.807) is 37.4 Å². The lowest BCUT2D eigenvalue weighted by molar-refractivity contribution is 0.100. The molecule has 2 aromatic heterocycles.